The number of anilines is 1. The Morgan fingerprint density at radius 2 is 2.50 bits per heavy atom. The first kappa shape index (κ1) is 7.42. The van der Waals surface area contributed by atoms with E-state index in [1.54, 1.807) is 10.4 Å². The first-order valence-electron chi connectivity index (χ1n) is 3.62. The van der Waals surface area contributed by atoms with Crippen LogP contribution >= 0.6 is 11.3 Å². The topological polar surface area (TPSA) is 45.6 Å². The molecule has 1 aliphatic rings. The van der Waals surface area contributed by atoms with E-state index in [0.717, 1.165) is 13.0 Å². The van der Waals surface area contributed by atoms with Gasteiger partial charge in [0.15, 0.2) is 0 Å². The minimum absolute atomic E-state index is 0.203. The van der Waals surface area contributed by atoms with Gasteiger partial charge in [-0.25, -0.2) is 5.01 Å². The highest BCUT2D eigenvalue weighted by Crippen LogP contribution is 2.16. The highest BCUT2D eigenvalue weighted by molar-refractivity contribution is 7.13. The average Bonchev–Trinajstić information content (AvgIpc) is 2.56. The van der Waals surface area contributed by atoms with Crippen LogP contribution in [0.1, 0.15) is 6.42 Å². The molecular formula is C7H7N3OS. The smallest absolute Gasteiger partial charge is 0.267 e. The van der Waals surface area contributed by atoms with Gasteiger partial charge < -0.3 is 0 Å². The normalized spacial score (nSPS) is 15.5. The molecule has 0 bridgehead atoms. The number of hydrogen-bond donors (Lipinski definition) is 0. The van der Waals surface area contributed by atoms with Crippen LogP contribution in [0.5, 0.6) is 0 Å². The fourth-order valence-corrected chi connectivity index (χ4v) is 1.68. The molecule has 0 atom stereocenters. The van der Waals surface area contributed by atoms with Gasteiger partial charge in [-0.3, -0.25) is 4.79 Å². The van der Waals surface area contributed by atoms with Crippen molar-refractivity contribution in [3.8, 4) is 0 Å². The third-order valence-electron chi connectivity index (χ3n) is 1.50. The first-order valence-corrected chi connectivity index (χ1v) is 4.50. The van der Waals surface area contributed by atoms with E-state index in [4.69, 9.17) is 0 Å². The molecule has 5 heteroatoms. The molecule has 0 saturated heterocycles. The van der Waals surface area contributed by atoms with E-state index < -0.39 is 0 Å². The van der Waals surface area contributed by atoms with E-state index in [0.29, 0.717) is 5.13 Å². The molecule has 0 N–H and O–H groups in total. The van der Waals surface area contributed by atoms with Gasteiger partial charge in [0.1, 0.15) is 0 Å². The van der Waals surface area contributed by atoms with Crippen molar-refractivity contribution in [2.75, 3.05) is 11.6 Å². The number of rotatable bonds is 1. The van der Waals surface area contributed by atoms with Gasteiger partial charge in [-0.1, -0.05) is 0 Å². The molecule has 0 radical (unpaired) electrons. The third kappa shape index (κ3) is 1.35. The fourth-order valence-electron chi connectivity index (χ4n) is 0.969. The second-order valence-electron chi connectivity index (χ2n) is 2.36. The van der Waals surface area contributed by atoms with Gasteiger partial charge in [0, 0.05) is 25.2 Å². The Morgan fingerprint density at radius 1 is 1.58 bits per heavy atom. The first-order chi connectivity index (χ1) is 5.86. The Hall–Kier alpha value is -1.23. The molecule has 0 aromatic carbocycles. The summed E-state index contributed by atoms with van der Waals surface area (Å²) in [6.07, 6.45) is 2.75. The van der Waals surface area contributed by atoms with Crippen LogP contribution in [-0.4, -0.2) is 17.7 Å². The lowest BCUT2D eigenvalue weighted by molar-refractivity contribution is 0.906. The predicted molar refractivity (Wildman–Crippen MR) is 48.8 cm³/mol. The average molecular weight is 181 g/mol. The zero-order valence-corrected chi connectivity index (χ0v) is 7.12. The predicted octanol–water partition coefficient (Wildman–Crippen LogP) is 0.699. The Balaban J connectivity index is 2.33. The lowest BCUT2D eigenvalue weighted by atomic mass is 10.5. The largest absolute Gasteiger partial charge is 0.273 e. The van der Waals surface area contributed by atoms with Crippen molar-refractivity contribution >= 4 is 22.7 Å². The highest BCUT2D eigenvalue weighted by atomic mass is 32.1. The van der Waals surface area contributed by atoms with Crippen molar-refractivity contribution < 1.29 is 0 Å². The van der Waals surface area contributed by atoms with E-state index in [2.05, 4.69) is 10.1 Å². The molecule has 0 aliphatic carbocycles. The molecule has 1 aliphatic heterocycles. The van der Waals surface area contributed by atoms with Crippen molar-refractivity contribution in [3.63, 3.8) is 0 Å². The maximum Gasteiger partial charge on any atom is 0.273 e. The number of nitrogens with zero attached hydrogens (tertiary/aromatic N) is 3. The summed E-state index contributed by atoms with van der Waals surface area (Å²) in [4.78, 5) is 14.7. The summed E-state index contributed by atoms with van der Waals surface area (Å²) in [5.41, 5.74) is -0.203. The lowest BCUT2D eigenvalue weighted by Crippen LogP contribution is -2.16. The van der Waals surface area contributed by atoms with Gasteiger partial charge in [-0.2, -0.15) is 10.1 Å². The Bertz CT molecular complexity index is 360. The van der Waals surface area contributed by atoms with Gasteiger partial charge in [-0.05, 0) is 5.38 Å². The molecule has 1 aromatic heterocycles. The van der Waals surface area contributed by atoms with Crippen molar-refractivity contribution in [3.05, 3.63) is 21.8 Å². The zero-order valence-electron chi connectivity index (χ0n) is 6.30. The number of hydrazone groups is 1. The molecule has 0 spiro atoms. The van der Waals surface area contributed by atoms with Crippen LogP contribution in [0.2, 0.25) is 0 Å². The Kier molecular flexibility index (Phi) is 1.87. The number of aromatic nitrogens is 1. The number of hydrogen-bond acceptors (Lipinski definition) is 5. The summed E-state index contributed by atoms with van der Waals surface area (Å²) in [6, 6.07) is 1.45. The van der Waals surface area contributed by atoms with Gasteiger partial charge in [0.25, 0.3) is 5.56 Å². The molecule has 62 valence electrons. The Morgan fingerprint density at radius 3 is 3.17 bits per heavy atom. The van der Waals surface area contributed by atoms with Crippen LogP contribution in [-0.2, 0) is 0 Å². The summed E-state index contributed by atoms with van der Waals surface area (Å²) in [5, 5.41) is 8.22. The maximum absolute atomic E-state index is 10.9. The second kappa shape index (κ2) is 3.02. The molecule has 2 rings (SSSR count). The van der Waals surface area contributed by atoms with Crippen molar-refractivity contribution in [2.45, 2.75) is 6.42 Å². The quantitative estimate of drug-likeness (QED) is 0.640. The van der Waals surface area contributed by atoms with Crippen molar-refractivity contribution in [2.24, 2.45) is 5.10 Å². The maximum atomic E-state index is 10.9. The van der Waals surface area contributed by atoms with E-state index in [1.807, 2.05) is 6.21 Å². The molecule has 4 nitrogen and oxygen atoms in total. The monoisotopic (exact) mass is 181 g/mol. The molecule has 0 unspecified atom stereocenters. The molecule has 0 saturated carbocycles. The summed E-state index contributed by atoms with van der Waals surface area (Å²) < 4.78 is 0. The van der Waals surface area contributed by atoms with Gasteiger partial charge >= 0.3 is 0 Å². The van der Waals surface area contributed by atoms with Crippen molar-refractivity contribution in [1.82, 2.24) is 4.98 Å². The fraction of sp³-hybridized carbons (Fsp3) is 0.286. The van der Waals surface area contributed by atoms with Gasteiger partial charge in [0.05, 0.1) is 0 Å². The highest BCUT2D eigenvalue weighted by Gasteiger charge is 2.09. The molecule has 2 heterocycles. The van der Waals surface area contributed by atoms with Crippen LogP contribution in [0, 0.1) is 0 Å². The van der Waals surface area contributed by atoms with E-state index in [9.17, 15) is 4.79 Å². The standard InChI is InChI=1S/C7H7N3OS/c11-6-2-5-12-7(9-6)10-4-1-3-8-10/h2-3,5H,1,4H2. The van der Waals surface area contributed by atoms with Crippen LogP contribution < -0.4 is 10.6 Å². The zero-order chi connectivity index (χ0) is 8.39. The summed E-state index contributed by atoms with van der Waals surface area (Å²) in [7, 11) is 0. The summed E-state index contributed by atoms with van der Waals surface area (Å²) in [6.45, 7) is 0.826. The SMILES string of the molecule is O=c1ccsc(N2CCC=N2)n1. The third-order valence-corrected chi connectivity index (χ3v) is 2.29. The minimum atomic E-state index is -0.203. The van der Waals surface area contributed by atoms with Crippen LogP contribution in [0.3, 0.4) is 0 Å². The second-order valence-corrected chi connectivity index (χ2v) is 3.24. The molecule has 1 aromatic rings. The van der Waals surface area contributed by atoms with Gasteiger partial charge in [-0.15, -0.1) is 11.3 Å². The van der Waals surface area contributed by atoms with Crippen LogP contribution in [0.25, 0.3) is 0 Å². The molecular weight excluding hydrogens is 174 g/mol. The van der Waals surface area contributed by atoms with Crippen LogP contribution in [0.4, 0.5) is 5.13 Å². The molecule has 0 fully saturated rings. The lowest BCUT2D eigenvalue weighted by Gasteiger charge is -2.09. The van der Waals surface area contributed by atoms with E-state index in [-0.39, 0.29) is 5.56 Å². The van der Waals surface area contributed by atoms with Crippen LogP contribution in [0.15, 0.2) is 21.3 Å². The van der Waals surface area contributed by atoms with Crippen molar-refractivity contribution in [1.29, 1.82) is 0 Å². The van der Waals surface area contributed by atoms with E-state index in [1.165, 1.54) is 17.4 Å². The summed E-state index contributed by atoms with van der Waals surface area (Å²) in [5.74, 6) is 0. The van der Waals surface area contributed by atoms with E-state index >= 15 is 0 Å². The summed E-state index contributed by atoms with van der Waals surface area (Å²) >= 11 is 1.42. The van der Waals surface area contributed by atoms with Gasteiger partial charge in [0.2, 0.25) is 5.13 Å². The molecule has 12 heavy (non-hydrogen) atoms. The minimum Gasteiger partial charge on any atom is -0.267 e. The Labute approximate surface area is 73.2 Å². The molecule has 0 amide bonds.